The quantitative estimate of drug-likeness (QED) is 0.450. The summed E-state index contributed by atoms with van der Waals surface area (Å²) >= 11 is 7.29. The number of thioether (sulfide) groups is 1. The molecule has 0 bridgehead atoms. The topological polar surface area (TPSA) is 73.2 Å². The summed E-state index contributed by atoms with van der Waals surface area (Å²) < 4.78 is 6.67. The molecule has 3 aromatic rings. The lowest BCUT2D eigenvalue weighted by Gasteiger charge is -2.16. The summed E-state index contributed by atoms with van der Waals surface area (Å²) in [5, 5.41) is 3.86. The highest BCUT2D eigenvalue weighted by atomic mass is 35.5. The zero-order chi connectivity index (χ0) is 21.0. The summed E-state index contributed by atoms with van der Waals surface area (Å²) in [5.41, 5.74) is 2.16. The standard InChI is InChI=1S/C21H22ClN3O3S/c1-13-4-7-16(8-5-13)23-19(26)14(2)29-21-24-18-12-15(22)6-9-17(18)20(27)25(21)10-11-28-3/h4-9,12,14H,10-11H2,1-3H3,(H,23,26). The molecule has 29 heavy (non-hydrogen) atoms. The van der Waals surface area contributed by atoms with Crippen molar-refractivity contribution in [3.05, 3.63) is 63.4 Å². The average molecular weight is 432 g/mol. The molecule has 8 heteroatoms. The van der Waals surface area contributed by atoms with Crippen LogP contribution in [-0.4, -0.2) is 34.4 Å². The lowest BCUT2D eigenvalue weighted by molar-refractivity contribution is -0.115. The Balaban J connectivity index is 1.89. The maximum atomic E-state index is 13.0. The van der Waals surface area contributed by atoms with Crippen LogP contribution >= 0.6 is 23.4 Å². The minimum Gasteiger partial charge on any atom is -0.383 e. The Labute approximate surface area is 178 Å². The SMILES string of the molecule is COCCn1c(SC(C)C(=O)Nc2ccc(C)cc2)nc2cc(Cl)ccc2c1=O. The number of halogens is 1. The zero-order valence-corrected chi connectivity index (χ0v) is 18.0. The molecule has 0 saturated carbocycles. The Morgan fingerprint density at radius 1 is 1.28 bits per heavy atom. The molecule has 6 nitrogen and oxygen atoms in total. The van der Waals surface area contributed by atoms with Gasteiger partial charge in [-0.05, 0) is 44.2 Å². The highest BCUT2D eigenvalue weighted by Gasteiger charge is 2.20. The Morgan fingerprint density at radius 3 is 2.69 bits per heavy atom. The van der Waals surface area contributed by atoms with Gasteiger partial charge in [0.05, 0.1) is 29.3 Å². The third-order valence-corrected chi connectivity index (χ3v) is 5.70. The summed E-state index contributed by atoms with van der Waals surface area (Å²) in [6.07, 6.45) is 0. The number of amides is 1. The van der Waals surface area contributed by atoms with Gasteiger partial charge in [0.25, 0.3) is 5.56 Å². The van der Waals surface area contributed by atoms with Crippen LogP contribution in [0.1, 0.15) is 12.5 Å². The van der Waals surface area contributed by atoms with Gasteiger partial charge in [0.15, 0.2) is 5.16 Å². The van der Waals surface area contributed by atoms with E-state index in [4.69, 9.17) is 16.3 Å². The number of nitrogens with zero attached hydrogens (tertiary/aromatic N) is 2. The van der Waals surface area contributed by atoms with Crippen LogP contribution in [0.5, 0.6) is 0 Å². The molecule has 2 aromatic carbocycles. The molecule has 1 amide bonds. The highest BCUT2D eigenvalue weighted by Crippen LogP contribution is 2.25. The van der Waals surface area contributed by atoms with Crippen molar-refractivity contribution in [2.75, 3.05) is 19.0 Å². The van der Waals surface area contributed by atoms with Gasteiger partial charge < -0.3 is 10.1 Å². The lowest BCUT2D eigenvalue weighted by Crippen LogP contribution is -2.28. The second-order valence-electron chi connectivity index (χ2n) is 6.62. The van der Waals surface area contributed by atoms with E-state index in [2.05, 4.69) is 10.3 Å². The van der Waals surface area contributed by atoms with Crippen LogP contribution < -0.4 is 10.9 Å². The molecule has 1 heterocycles. The Bertz CT molecular complexity index is 1080. The van der Waals surface area contributed by atoms with Gasteiger partial charge in [-0.25, -0.2) is 4.98 Å². The number of aryl methyl sites for hydroxylation is 1. The molecule has 0 aliphatic heterocycles. The predicted molar refractivity (Wildman–Crippen MR) is 118 cm³/mol. The van der Waals surface area contributed by atoms with Gasteiger partial charge in [-0.3, -0.25) is 14.2 Å². The van der Waals surface area contributed by atoms with E-state index in [1.54, 1.807) is 36.8 Å². The van der Waals surface area contributed by atoms with Crippen molar-refractivity contribution in [3.8, 4) is 0 Å². The van der Waals surface area contributed by atoms with Gasteiger partial charge in [-0.2, -0.15) is 0 Å². The van der Waals surface area contributed by atoms with E-state index in [1.165, 1.54) is 11.8 Å². The van der Waals surface area contributed by atoms with E-state index in [0.717, 1.165) is 11.3 Å². The van der Waals surface area contributed by atoms with E-state index in [-0.39, 0.29) is 11.5 Å². The van der Waals surface area contributed by atoms with Crippen molar-refractivity contribution in [1.82, 2.24) is 9.55 Å². The van der Waals surface area contributed by atoms with Crippen LogP contribution in [-0.2, 0) is 16.1 Å². The molecule has 0 aliphatic rings. The number of aromatic nitrogens is 2. The first-order valence-corrected chi connectivity index (χ1v) is 10.4. The summed E-state index contributed by atoms with van der Waals surface area (Å²) in [4.78, 5) is 30.2. The average Bonchev–Trinajstić information content (AvgIpc) is 2.69. The summed E-state index contributed by atoms with van der Waals surface area (Å²) in [5.74, 6) is -0.169. The molecule has 0 spiro atoms. The molecule has 0 radical (unpaired) electrons. The maximum Gasteiger partial charge on any atom is 0.262 e. The number of rotatable bonds is 7. The minimum atomic E-state index is -0.464. The molecule has 152 valence electrons. The number of nitrogens with one attached hydrogen (secondary N) is 1. The van der Waals surface area contributed by atoms with Crippen LogP contribution in [0, 0.1) is 6.92 Å². The first-order valence-electron chi connectivity index (χ1n) is 9.12. The number of carbonyl (C=O) groups excluding carboxylic acids is 1. The third-order valence-electron chi connectivity index (χ3n) is 4.37. The van der Waals surface area contributed by atoms with E-state index in [9.17, 15) is 9.59 Å². The number of carbonyl (C=O) groups is 1. The van der Waals surface area contributed by atoms with Crippen molar-refractivity contribution in [2.45, 2.75) is 30.8 Å². The lowest BCUT2D eigenvalue weighted by atomic mass is 10.2. The van der Waals surface area contributed by atoms with Crippen molar-refractivity contribution < 1.29 is 9.53 Å². The molecule has 1 unspecified atom stereocenters. The zero-order valence-electron chi connectivity index (χ0n) is 16.4. The monoisotopic (exact) mass is 431 g/mol. The second kappa shape index (κ2) is 9.43. The van der Waals surface area contributed by atoms with E-state index in [1.807, 2.05) is 31.2 Å². The number of ether oxygens (including phenoxy) is 1. The van der Waals surface area contributed by atoms with Crippen molar-refractivity contribution in [1.29, 1.82) is 0 Å². The Kier molecular flexibility index (Phi) is 6.95. The summed E-state index contributed by atoms with van der Waals surface area (Å²) in [7, 11) is 1.57. The molecule has 0 aliphatic carbocycles. The van der Waals surface area contributed by atoms with Crippen LogP contribution in [0.15, 0.2) is 52.4 Å². The number of hydrogen-bond donors (Lipinski definition) is 1. The molecular weight excluding hydrogens is 410 g/mol. The molecule has 3 rings (SSSR count). The number of anilines is 1. The Hall–Kier alpha value is -2.35. The van der Waals surface area contributed by atoms with Crippen LogP contribution in [0.3, 0.4) is 0 Å². The van der Waals surface area contributed by atoms with E-state index >= 15 is 0 Å². The van der Waals surface area contributed by atoms with Crippen LogP contribution in [0.25, 0.3) is 10.9 Å². The molecule has 0 saturated heterocycles. The predicted octanol–water partition coefficient (Wildman–Crippen LogP) is 4.12. The van der Waals surface area contributed by atoms with Crippen LogP contribution in [0.4, 0.5) is 5.69 Å². The highest BCUT2D eigenvalue weighted by molar-refractivity contribution is 8.00. The van der Waals surface area contributed by atoms with Gasteiger partial charge in [0, 0.05) is 17.8 Å². The second-order valence-corrected chi connectivity index (χ2v) is 8.37. The van der Waals surface area contributed by atoms with Gasteiger partial charge in [-0.1, -0.05) is 41.1 Å². The largest absolute Gasteiger partial charge is 0.383 e. The first-order chi connectivity index (χ1) is 13.9. The number of fused-ring (bicyclic) bond motifs is 1. The van der Waals surface area contributed by atoms with Gasteiger partial charge in [-0.15, -0.1) is 0 Å². The summed E-state index contributed by atoms with van der Waals surface area (Å²) in [6, 6.07) is 12.6. The van der Waals surface area contributed by atoms with E-state index in [0.29, 0.717) is 34.2 Å². The Morgan fingerprint density at radius 2 is 2.00 bits per heavy atom. The fourth-order valence-electron chi connectivity index (χ4n) is 2.74. The molecule has 1 N–H and O–H groups in total. The number of benzene rings is 2. The van der Waals surface area contributed by atoms with Gasteiger partial charge in [0.1, 0.15) is 0 Å². The number of hydrogen-bond acceptors (Lipinski definition) is 5. The number of methoxy groups -OCH3 is 1. The fraction of sp³-hybridized carbons (Fsp3) is 0.286. The smallest absolute Gasteiger partial charge is 0.262 e. The van der Waals surface area contributed by atoms with Gasteiger partial charge in [0.2, 0.25) is 5.91 Å². The van der Waals surface area contributed by atoms with Crippen molar-refractivity contribution in [3.63, 3.8) is 0 Å². The summed E-state index contributed by atoms with van der Waals surface area (Å²) in [6.45, 7) is 4.47. The third kappa shape index (κ3) is 5.18. The van der Waals surface area contributed by atoms with Crippen molar-refractivity contribution >= 4 is 45.9 Å². The first kappa shape index (κ1) is 21.4. The normalized spacial score (nSPS) is 12.1. The molecular formula is C21H22ClN3O3S. The fourth-order valence-corrected chi connectivity index (χ4v) is 3.84. The minimum absolute atomic E-state index is 0.169. The molecule has 1 atom stereocenters. The van der Waals surface area contributed by atoms with E-state index < -0.39 is 5.25 Å². The molecule has 0 fully saturated rings. The maximum absolute atomic E-state index is 13.0. The van der Waals surface area contributed by atoms with Crippen LogP contribution in [0.2, 0.25) is 5.02 Å². The van der Waals surface area contributed by atoms with Crippen molar-refractivity contribution in [2.24, 2.45) is 0 Å². The molecule has 1 aromatic heterocycles. The van der Waals surface area contributed by atoms with Gasteiger partial charge >= 0.3 is 0 Å².